The van der Waals surface area contributed by atoms with Crippen molar-refractivity contribution in [3.8, 4) is 11.1 Å². The number of nitrogens with one attached hydrogen (secondary N) is 2. The summed E-state index contributed by atoms with van der Waals surface area (Å²) in [7, 11) is 5.67. The number of methoxy groups -OCH3 is 1. The lowest BCUT2D eigenvalue weighted by Gasteiger charge is -2.18. The van der Waals surface area contributed by atoms with E-state index in [2.05, 4.69) is 86.2 Å². The van der Waals surface area contributed by atoms with Crippen molar-refractivity contribution in [1.82, 2.24) is 30.3 Å². The van der Waals surface area contributed by atoms with Gasteiger partial charge in [0.25, 0.3) is 0 Å². The van der Waals surface area contributed by atoms with Gasteiger partial charge in [-0.15, -0.1) is 0 Å². The fourth-order valence-electron chi connectivity index (χ4n) is 3.60. The number of hydrogen-bond donors (Lipinski definition) is 2. The van der Waals surface area contributed by atoms with Crippen molar-refractivity contribution in [3.63, 3.8) is 0 Å². The third kappa shape index (κ3) is 8.00. The number of guanidine groups is 1. The molecule has 0 spiro atoms. The highest BCUT2D eigenvalue weighted by Crippen LogP contribution is 2.24. The summed E-state index contributed by atoms with van der Waals surface area (Å²) in [5, 5.41) is 11.0. The van der Waals surface area contributed by atoms with E-state index in [-0.39, 0.29) is 0 Å². The molecule has 0 atom stereocenters. The second-order valence-electron chi connectivity index (χ2n) is 7.95. The van der Waals surface area contributed by atoms with Gasteiger partial charge in [-0.3, -0.25) is 4.99 Å². The molecule has 33 heavy (non-hydrogen) atoms. The third-order valence-corrected chi connectivity index (χ3v) is 5.44. The van der Waals surface area contributed by atoms with E-state index in [0.29, 0.717) is 13.1 Å². The molecule has 0 saturated carbocycles. The van der Waals surface area contributed by atoms with Crippen molar-refractivity contribution in [2.24, 2.45) is 4.99 Å². The number of hydrogen-bond acceptors (Lipinski definition) is 5. The zero-order valence-electron chi connectivity index (χ0n) is 19.9. The molecule has 3 aromatic rings. The molecule has 0 saturated heterocycles. The Morgan fingerprint density at radius 3 is 2.64 bits per heavy atom. The number of nitrogens with zero attached hydrogens (tertiary/aromatic N) is 5. The van der Waals surface area contributed by atoms with Crippen LogP contribution >= 0.6 is 0 Å². The Morgan fingerprint density at radius 2 is 1.91 bits per heavy atom. The topological polar surface area (TPSA) is 79.6 Å². The molecule has 0 fully saturated rings. The number of aromatic nitrogens is 3. The van der Waals surface area contributed by atoms with Gasteiger partial charge < -0.3 is 20.3 Å². The fraction of sp³-hybridized carbons (Fsp3) is 0.400. The molecule has 0 radical (unpaired) electrons. The molecule has 8 nitrogen and oxygen atoms in total. The van der Waals surface area contributed by atoms with Gasteiger partial charge in [-0.05, 0) is 35.7 Å². The fourth-order valence-corrected chi connectivity index (χ4v) is 3.60. The highest BCUT2D eigenvalue weighted by molar-refractivity contribution is 5.80. The SMILES string of the molecule is CN=C(NCCN(C)CCCOC)NCc1ccccc1-c1ccc(Cn2cncn2)cc1. The highest BCUT2D eigenvalue weighted by Gasteiger charge is 2.07. The van der Waals surface area contributed by atoms with Crippen molar-refractivity contribution in [2.75, 3.05) is 47.4 Å². The Balaban J connectivity index is 1.53. The normalized spacial score (nSPS) is 11.7. The van der Waals surface area contributed by atoms with Gasteiger partial charge in [0, 0.05) is 46.9 Å². The molecule has 3 rings (SSSR count). The van der Waals surface area contributed by atoms with E-state index < -0.39 is 0 Å². The van der Waals surface area contributed by atoms with Crippen molar-refractivity contribution in [2.45, 2.75) is 19.5 Å². The zero-order valence-corrected chi connectivity index (χ0v) is 19.9. The Hall–Kier alpha value is -3.23. The smallest absolute Gasteiger partial charge is 0.191 e. The largest absolute Gasteiger partial charge is 0.385 e. The first-order valence-corrected chi connectivity index (χ1v) is 11.3. The number of likely N-dealkylation sites (N-methyl/N-ethyl adjacent to an activating group) is 1. The molecule has 2 aromatic carbocycles. The molecule has 176 valence electrons. The molecule has 0 aliphatic heterocycles. The Bertz CT molecular complexity index is 971. The van der Waals surface area contributed by atoms with Crippen molar-refractivity contribution in [3.05, 3.63) is 72.3 Å². The summed E-state index contributed by atoms with van der Waals surface area (Å²) in [6, 6.07) is 17.1. The van der Waals surface area contributed by atoms with Crippen LogP contribution in [0.1, 0.15) is 17.5 Å². The predicted molar refractivity (Wildman–Crippen MR) is 133 cm³/mol. The van der Waals surface area contributed by atoms with Crippen molar-refractivity contribution in [1.29, 1.82) is 0 Å². The van der Waals surface area contributed by atoms with Gasteiger partial charge in [-0.1, -0.05) is 48.5 Å². The molecule has 2 N–H and O–H groups in total. The van der Waals surface area contributed by atoms with E-state index in [1.54, 1.807) is 26.8 Å². The van der Waals surface area contributed by atoms with Crippen LogP contribution in [0.15, 0.2) is 66.2 Å². The molecule has 0 aliphatic carbocycles. The van der Waals surface area contributed by atoms with Gasteiger partial charge in [0.15, 0.2) is 5.96 Å². The first kappa shape index (κ1) is 24.4. The number of ether oxygens (including phenoxy) is 1. The monoisotopic (exact) mass is 449 g/mol. The summed E-state index contributed by atoms with van der Waals surface area (Å²) in [6.45, 7) is 5.00. The summed E-state index contributed by atoms with van der Waals surface area (Å²) in [6.07, 6.45) is 4.33. The average molecular weight is 450 g/mol. The van der Waals surface area contributed by atoms with E-state index in [1.807, 2.05) is 4.68 Å². The molecule has 0 unspecified atom stereocenters. The van der Waals surface area contributed by atoms with Gasteiger partial charge in [0.05, 0.1) is 6.54 Å². The van der Waals surface area contributed by atoms with Crippen LogP contribution in [0.3, 0.4) is 0 Å². The van der Waals surface area contributed by atoms with Crippen LogP contribution < -0.4 is 10.6 Å². The lowest BCUT2D eigenvalue weighted by atomic mass is 9.98. The highest BCUT2D eigenvalue weighted by atomic mass is 16.5. The molecule has 0 bridgehead atoms. The lowest BCUT2D eigenvalue weighted by molar-refractivity contribution is 0.180. The standard InChI is InChI=1S/C25H35N7O/c1-26-25(28-13-15-31(2)14-6-16-33-3)29-17-23-7-4-5-8-24(23)22-11-9-21(10-12-22)18-32-20-27-19-30-32/h4-5,7-12,19-20H,6,13-18H2,1-3H3,(H2,26,28,29). The third-order valence-electron chi connectivity index (χ3n) is 5.44. The van der Waals surface area contributed by atoms with E-state index in [0.717, 1.165) is 38.6 Å². The van der Waals surface area contributed by atoms with E-state index in [9.17, 15) is 0 Å². The summed E-state index contributed by atoms with van der Waals surface area (Å²) in [5.74, 6) is 0.804. The van der Waals surface area contributed by atoms with Gasteiger partial charge in [-0.25, -0.2) is 9.67 Å². The summed E-state index contributed by atoms with van der Waals surface area (Å²) in [4.78, 5) is 10.7. The molecule has 0 aliphatic rings. The Labute approximate surface area is 196 Å². The van der Waals surface area contributed by atoms with Crippen molar-refractivity contribution < 1.29 is 4.74 Å². The van der Waals surface area contributed by atoms with Crippen LogP contribution in [-0.4, -0.2) is 73.1 Å². The number of rotatable bonds is 12. The molecule has 8 heteroatoms. The second kappa shape index (κ2) is 13.3. The summed E-state index contributed by atoms with van der Waals surface area (Å²) >= 11 is 0. The minimum atomic E-state index is 0.695. The van der Waals surface area contributed by atoms with Crippen LogP contribution in [0.25, 0.3) is 11.1 Å². The van der Waals surface area contributed by atoms with E-state index in [4.69, 9.17) is 4.74 Å². The van der Waals surface area contributed by atoms with Gasteiger partial charge in [-0.2, -0.15) is 5.10 Å². The Morgan fingerprint density at radius 1 is 1.09 bits per heavy atom. The van der Waals surface area contributed by atoms with E-state index >= 15 is 0 Å². The van der Waals surface area contributed by atoms with Crippen LogP contribution in [0.2, 0.25) is 0 Å². The predicted octanol–water partition coefficient (Wildman–Crippen LogP) is 2.63. The molecule has 0 amide bonds. The molecular formula is C25H35N7O. The number of benzene rings is 2. The van der Waals surface area contributed by atoms with E-state index in [1.165, 1.54) is 22.3 Å². The van der Waals surface area contributed by atoms with Crippen LogP contribution in [0.4, 0.5) is 0 Å². The van der Waals surface area contributed by atoms with Crippen LogP contribution in [0, 0.1) is 0 Å². The second-order valence-corrected chi connectivity index (χ2v) is 7.95. The van der Waals surface area contributed by atoms with Crippen LogP contribution in [-0.2, 0) is 17.8 Å². The van der Waals surface area contributed by atoms with Gasteiger partial charge >= 0.3 is 0 Å². The molecule has 1 heterocycles. The zero-order chi connectivity index (χ0) is 23.3. The Kier molecular flexibility index (Phi) is 9.87. The maximum Gasteiger partial charge on any atom is 0.191 e. The summed E-state index contributed by atoms with van der Waals surface area (Å²) < 4.78 is 6.94. The minimum absolute atomic E-state index is 0.695. The molecule has 1 aromatic heterocycles. The average Bonchev–Trinajstić information content (AvgIpc) is 3.35. The number of aliphatic imine (C=N–C) groups is 1. The first-order valence-electron chi connectivity index (χ1n) is 11.3. The maximum absolute atomic E-state index is 5.12. The quantitative estimate of drug-likeness (QED) is 0.251. The molecular weight excluding hydrogens is 414 g/mol. The van der Waals surface area contributed by atoms with Crippen LogP contribution in [0.5, 0.6) is 0 Å². The van der Waals surface area contributed by atoms with Gasteiger partial charge in [0.2, 0.25) is 0 Å². The maximum atomic E-state index is 5.12. The summed E-state index contributed by atoms with van der Waals surface area (Å²) in [5.41, 5.74) is 4.82. The lowest BCUT2D eigenvalue weighted by Crippen LogP contribution is -2.40. The van der Waals surface area contributed by atoms with Gasteiger partial charge in [0.1, 0.15) is 12.7 Å². The first-order chi connectivity index (χ1) is 16.2. The van der Waals surface area contributed by atoms with Crippen molar-refractivity contribution >= 4 is 5.96 Å². The minimum Gasteiger partial charge on any atom is -0.385 e.